The van der Waals surface area contributed by atoms with Gasteiger partial charge in [0.05, 0.1) is 12.2 Å². The number of aliphatic hydroxyl groups excluding tert-OH is 1. The molecule has 1 aliphatic heterocycles. The second-order valence-electron chi connectivity index (χ2n) is 4.94. The van der Waals surface area contributed by atoms with Crippen LogP contribution >= 0.6 is 11.8 Å². The lowest BCUT2D eigenvalue weighted by Gasteiger charge is -2.21. The molecule has 0 aromatic carbocycles. The summed E-state index contributed by atoms with van der Waals surface area (Å²) in [4.78, 5) is 16.4. The number of rotatable bonds is 4. The van der Waals surface area contributed by atoms with Gasteiger partial charge in [0.1, 0.15) is 5.69 Å². The van der Waals surface area contributed by atoms with Gasteiger partial charge in [-0.05, 0) is 42.4 Å². The number of aliphatic hydroxyl groups is 1. The van der Waals surface area contributed by atoms with Gasteiger partial charge in [0, 0.05) is 19.2 Å². The highest BCUT2D eigenvalue weighted by Crippen LogP contribution is 2.21. The number of pyridine rings is 1. The van der Waals surface area contributed by atoms with Gasteiger partial charge < -0.3 is 10.4 Å². The van der Waals surface area contributed by atoms with Crippen LogP contribution < -0.4 is 5.32 Å². The van der Waals surface area contributed by atoms with Crippen LogP contribution in [0.1, 0.15) is 35.3 Å². The van der Waals surface area contributed by atoms with Crippen molar-refractivity contribution in [1.29, 1.82) is 0 Å². The molecule has 4 nitrogen and oxygen atoms in total. The zero-order valence-electron chi connectivity index (χ0n) is 12.0. The van der Waals surface area contributed by atoms with Crippen molar-refractivity contribution in [2.45, 2.75) is 19.3 Å². The SMILES string of the molecule is O=C(NCC1CCSCC1)c1ncccc1C#CCCO. The molecule has 2 rings (SSSR count). The van der Waals surface area contributed by atoms with E-state index in [1.54, 1.807) is 18.3 Å². The Morgan fingerprint density at radius 1 is 1.48 bits per heavy atom. The minimum atomic E-state index is -0.165. The van der Waals surface area contributed by atoms with Gasteiger partial charge in [-0.15, -0.1) is 0 Å². The molecule has 1 saturated heterocycles. The standard InChI is InChI=1S/C16H20N2O2S/c19-9-2-1-4-14-5-3-8-17-15(14)16(20)18-12-13-6-10-21-11-7-13/h3,5,8,13,19H,2,6-7,9-12H2,(H,18,20). The topological polar surface area (TPSA) is 62.2 Å². The first-order valence-corrected chi connectivity index (χ1v) is 8.37. The van der Waals surface area contributed by atoms with E-state index in [0.29, 0.717) is 30.1 Å². The fourth-order valence-electron chi connectivity index (χ4n) is 2.17. The predicted molar refractivity (Wildman–Crippen MR) is 85.2 cm³/mol. The third-order valence-corrected chi connectivity index (χ3v) is 4.42. The average molecular weight is 304 g/mol. The number of thioether (sulfide) groups is 1. The number of nitrogens with one attached hydrogen (secondary N) is 1. The summed E-state index contributed by atoms with van der Waals surface area (Å²) in [6.45, 7) is 0.730. The molecule has 112 valence electrons. The molecule has 0 aliphatic carbocycles. The van der Waals surface area contributed by atoms with E-state index < -0.39 is 0 Å². The summed E-state index contributed by atoms with van der Waals surface area (Å²) < 4.78 is 0. The van der Waals surface area contributed by atoms with Crippen molar-refractivity contribution in [3.63, 3.8) is 0 Å². The van der Waals surface area contributed by atoms with Crippen molar-refractivity contribution < 1.29 is 9.90 Å². The first-order valence-electron chi connectivity index (χ1n) is 7.22. The lowest BCUT2D eigenvalue weighted by molar-refractivity contribution is 0.0941. The monoisotopic (exact) mass is 304 g/mol. The summed E-state index contributed by atoms with van der Waals surface area (Å²) >= 11 is 1.98. The lowest BCUT2D eigenvalue weighted by atomic mass is 10.0. The summed E-state index contributed by atoms with van der Waals surface area (Å²) in [6.07, 6.45) is 4.33. The normalized spacial score (nSPS) is 15.1. The molecule has 1 aromatic heterocycles. The van der Waals surface area contributed by atoms with Crippen molar-refractivity contribution in [2.24, 2.45) is 5.92 Å². The second kappa shape index (κ2) is 8.71. The number of hydrogen-bond donors (Lipinski definition) is 2. The largest absolute Gasteiger partial charge is 0.395 e. The van der Waals surface area contributed by atoms with Crippen molar-refractivity contribution in [2.75, 3.05) is 24.7 Å². The van der Waals surface area contributed by atoms with Crippen LogP contribution in [0.15, 0.2) is 18.3 Å². The van der Waals surface area contributed by atoms with Crippen LogP contribution in [0.2, 0.25) is 0 Å². The minimum absolute atomic E-state index is 0.0223. The highest BCUT2D eigenvalue weighted by Gasteiger charge is 2.16. The summed E-state index contributed by atoms with van der Waals surface area (Å²) in [7, 11) is 0. The molecule has 2 heterocycles. The van der Waals surface area contributed by atoms with Crippen LogP contribution in [0, 0.1) is 17.8 Å². The third-order valence-electron chi connectivity index (χ3n) is 3.37. The van der Waals surface area contributed by atoms with Gasteiger partial charge in [0.25, 0.3) is 5.91 Å². The predicted octanol–water partition coefficient (Wildman–Crippen LogP) is 1.69. The second-order valence-corrected chi connectivity index (χ2v) is 6.17. The van der Waals surface area contributed by atoms with Crippen LogP contribution in [-0.2, 0) is 0 Å². The van der Waals surface area contributed by atoms with Crippen LogP contribution in [0.3, 0.4) is 0 Å². The van der Waals surface area contributed by atoms with Gasteiger partial charge in [0.2, 0.25) is 0 Å². The number of carbonyl (C=O) groups is 1. The Morgan fingerprint density at radius 2 is 2.29 bits per heavy atom. The third kappa shape index (κ3) is 5.07. The van der Waals surface area contributed by atoms with E-state index in [4.69, 9.17) is 5.11 Å². The maximum Gasteiger partial charge on any atom is 0.271 e. The fourth-order valence-corrected chi connectivity index (χ4v) is 3.38. The maximum absolute atomic E-state index is 12.2. The van der Waals surface area contributed by atoms with Crippen LogP contribution in [0.5, 0.6) is 0 Å². The molecule has 1 amide bonds. The molecule has 0 bridgehead atoms. The van der Waals surface area contributed by atoms with E-state index in [-0.39, 0.29) is 12.5 Å². The number of amides is 1. The Hall–Kier alpha value is -1.51. The number of carbonyl (C=O) groups excluding carboxylic acids is 1. The minimum Gasteiger partial charge on any atom is -0.395 e. The van der Waals surface area contributed by atoms with Gasteiger partial charge in [-0.1, -0.05) is 11.8 Å². The van der Waals surface area contributed by atoms with E-state index in [1.807, 2.05) is 11.8 Å². The highest BCUT2D eigenvalue weighted by atomic mass is 32.2. The molecule has 1 aromatic rings. The Labute approximate surface area is 129 Å². The molecule has 0 saturated carbocycles. The van der Waals surface area contributed by atoms with Gasteiger partial charge in [-0.3, -0.25) is 4.79 Å². The molecule has 2 N–H and O–H groups in total. The van der Waals surface area contributed by atoms with Crippen molar-refractivity contribution >= 4 is 17.7 Å². The zero-order chi connectivity index (χ0) is 14.9. The van der Waals surface area contributed by atoms with Crippen LogP contribution in [-0.4, -0.2) is 40.7 Å². The lowest BCUT2D eigenvalue weighted by Crippen LogP contribution is -2.32. The van der Waals surface area contributed by atoms with E-state index in [9.17, 15) is 4.79 Å². The summed E-state index contributed by atoms with van der Waals surface area (Å²) in [6, 6.07) is 3.54. The molecule has 21 heavy (non-hydrogen) atoms. The molecule has 5 heteroatoms. The summed E-state index contributed by atoms with van der Waals surface area (Å²) in [5.41, 5.74) is 0.982. The Kier molecular flexibility index (Phi) is 6.58. The van der Waals surface area contributed by atoms with Crippen molar-refractivity contribution in [1.82, 2.24) is 10.3 Å². The van der Waals surface area contributed by atoms with Crippen LogP contribution in [0.4, 0.5) is 0 Å². The van der Waals surface area contributed by atoms with Gasteiger partial charge in [-0.2, -0.15) is 11.8 Å². The Morgan fingerprint density at radius 3 is 3.05 bits per heavy atom. The molecular formula is C16H20N2O2S. The first-order chi connectivity index (χ1) is 10.3. The molecule has 0 spiro atoms. The van der Waals surface area contributed by atoms with Gasteiger partial charge in [0.15, 0.2) is 0 Å². The van der Waals surface area contributed by atoms with Gasteiger partial charge >= 0.3 is 0 Å². The van der Waals surface area contributed by atoms with Crippen molar-refractivity contribution in [3.8, 4) is 11.8 Å². The van der Waals surface area contributed by atoms with Crippen LogP contribution in [0.25, 0.3) is 0 Å². The molecule has 0 radical (unpaired) electrons. The molecule has 0 atom stereocenters. The number of aromatic nitrogens is 1. The summed E-state index contributed by atoms with van der Waals surface area (Å²) in [5.74, 6) is 8.50. The quantitative estimate of drug-likeness (QED) is 0.831. The van der Waals surface area contributed by atoms with E-state index in [0.717, 1.165) is 12.8 Å². The number of hydrogen-bond acceptors (Lipinski definition) is 4. The molecule has 1 aliphatic rings. The smallest absolute Gasteiger partial charge is 0.271 e. The summed E-state index contributed by atoms with van der Waals surface area (Å²) in [5, 5.41) is 11.7. The first kappa shape index (κ1) is 15.9. The average Bonchev–Trinajstić information content (AvgIpc) is 2.54. The molecule has 1 fully saturated rings. The zero-order valence-corrected chi connectivity index (χ0v) is 12.8. The Bertz CT molecular complexity index is 531. The van der Waals surface area contributed by atoms with Crippen molar-refractivity contribution in [3.05, 3.63) is 29.6 Å². The molecular weight excluding hydrogens is 284 g/mol. The highest BCUT2D eigenvalue weighted by molar-refractivity contribution is 7.99. The van der Waals surface area contributed by atoms with E-state index in [1.165, 1.54) is 11.5 Å². The van der Waals surface area contributed by atoms with Gasteiger partial charge in [-0.25, -0.2) is 4.98 Å². The fraction of sp³-hybridized carbons (Fsp3) is 0.500. The van der Waals surface area contributed by atoms with E-state index >= 15 is 0 Å². The maximum atomic E-state index is 12.2. The molecule has 0 unspecified atom stereocenters. The van der Waals surface area contributed by atoms with E-state index in [2.05, 4.69) is 22.1 Å². The number of nitrogens with zero attached hydrogens (tertiary/aromatic N) is 1. The Balaban J connectivity index is 1.96.